The van der Waals surface area contributed by atoms with Crippen LogP contribution in [0.1, 0.15) is 25.5 Å². The fourth-order valence-corrected chi connectivity index (χ4v) is 2.35. The summed E-state index contributed by atoms with van der Waals surface area (Å²) in [5, 5.41) is 3.78. The molecule has 0 heterocycles. The summed E-state index contributed by atoms with van der Waals surface area (Å²) in [4.78, 5) is 0. The van der Waals surface area contributed by atoms with Crippen LogP contribution in [0, 0.1) is 5.82 Å². The number of benzene rings is 2. The lowest BCUT2D eigenvalue weighted by atomic mass is 10.00. The van der Waals surface area contributed by atoms with Crippen LogP contribution in [-0.2, 0) is 0 Å². The molecule has 19 heavy (non-hydrogen) atoms. The fourth-order valence-electron chi connectivity index (χ4n) is 2.13. The van der Waals surface area contributed by atoms with Gasteiger partial charge >= 0.3 is 0 Å². The van der Waals surface area contributed by atoms with Gasteiger partial charge in [-0.1, -0.05) is 36.7 Å². The zero-order valence-corrected chi connectivity index (χ0v) is 11.8. The van der Waals surface area contributed by atoms with Crippen molar-refractivity contribution in [1.82, 2.24) is 5.32 Å². The highest BCUT2D eigenvalue weighted by Crippen LogP contribution is 2.26. The first-order chi connectivity index (χ1) is 9.10. The highest BCUT2D eigenvalue weighted by atomic mass is 35.5. The molecule has 1 N–H and O–H groups in total. The van der Waals surface area contributed by atoms with Crippen LogP contribution in [0.15, 0.2) is 42.5 Å². The van der Waals surface area contributed by atoms with E-state index in [0.717, 1.165) is 17.7 Å². The van der Waals surface area contributed by atoms with Crippen molar-refractivity contribution >= 4 is 11.6 Å². The molecular formula is C16H17ClFN. The molecule has 0 fully saturated rings. The molecule has 2 rings (SSSR count). The summed E-state index contributed by atoms with van der Waals surface area (Å²) in [7, 11) is 0. The number of nitrogens with one attached hydrogen (secondary N) is 1. The minimum Gasteiger partial charge on any atom is -0.310 e. The molecule has 0 radical (unpaired) electrons. The van der Waals surface area contributed by atoms with E-state index in [1.54, 1.807) is 6.07 Å². The Kier molecular flexibility index (Phi) is 4.56. The molecule has 0 amide bonds. The van der Waals surface area contributed by atoms with Crippen molar-refractivity contribution in [3.05, 3.63) is 58.9 Å². The van der Waals surface area contributed by atoms with E-state index in [2.05, 4.69) is 31.3 Å². The lowest BCUT2D eigenvalue weighted by Crippen LogP contribution is -2.17. The molecule has 0 aromatic heterocycles. The third kappa shape index (κ3) is 3.55. The van der Waals surface area contributed by atoms with E-state index in [9.17, 15) is 4.39 Å². The van der Waals surface area contributed by atoms with E-state index < -0.39 is 0 Å². The van der Waals surface area contributed by atoms with Gasteiger partial charge in [-0.25, -0.2) is 4.39 Å². The summed E-state index contributed by atoms with van der Waals surface area (Å²) in [6.45, 7) is 5.10. The molecule has 3 heteroatoms. The van der Waals surface area contributed by atoms with Crippen LogP contribution in [0.3, 0.4) is 0 Å². The maximum Gasteiger partial charge on any atom is 0.125 e. The molecule has 100 valence electrons. The van der Waals surface area contributed by atoms with E-state index in [4.69, 9.17) is 11.6 Å². The minimum atomic E-state index is -0.312. The number of halogens is 2. The van der Waals surface area contributed by atoms with Crippen LogP contribution < -0.4 is 5.32 Å². The smallest absolute Gasteiger partial charge is 0.125 e. The summed E-state index contributed by atoms with van der Waals surface area (Å²) in [5.41, 5.74) is 2.96. The van der Waals surface area contributed by atoms with E-state index in [0.29, 0.717) is 5.02 Å². The van der Waals surface area contributed by atoms with Crippen LogP contribution in [0.2, 0.25) is 5.02 Å². The first-order valence-corrected chi connectivity index (χ1v) is 6.77. The lowest BCUT2D eigenvalue weighted by Gasteiger charge is -2.14. The predicted molar refractivity (Wildman–Crippen MR) is 78.9 cm³/mol. The molecule has 2 aromatic rings. The first-order valence-electron chi connectivity index (χ1n) is 6.40. The van der Waals surface area contributed by atoms with Crippen LogP contribution in [0.5, 0.6) is 0 Å². The van der Waals surface area contributed by atoms with Gasteiger partial charge in [-0.3, -0.25) is 0 Å². The van der Waals surface area contributed by atoms with Crippen molar-refractivity contribution in [2.24, 2.45) is 0 Å². The highest BCUT2D eigenvalue weighted by Gasteiger charge is 2.07. The number of hydrogen-bond donors (Lipinski definition) is 1. The van der Waals surface area contributed by atoms with Crippen LogP contribution in [-0.4, -0.2) is 6.54 Å². The molecule has 1 nitrogen and oxygen atoms in total. The molecule has 0 aliphatic heterocycles. The standard InChI is InChI=1S/C16H17ClFN/c1-3-19-11(2)12-5-4-6-13(7-12)14-8-15(17)10-16(18)9-14/h4-11,19H,3H2,1-2H3. The summed E-state index contributed by atoms with van der Waals surface area (Å²) in [6, 6.07) is 13.0. The van der Waals surface area contributed by atoms with Crippen molar-refractivity contribution in [1.29, 1.82) is 0 Å². The first kappa shape index (κ1) is 14.0. The average Bonchev–Trinajstić information content (AvgIpc) is 2.38. The predicted octanol–water partition coefficient (Wildman–Crippen LogP) is 4.82. The Hall–Kier alpha value is -1.38. The Labute approximate surface area is 118 Å². The van der Waals surface area contributed by atoms with Crippen LogP contribution in [0.25, 0.3) is 11.1 Å². The highest BCUT2D eigenvalue weighted by molar-refractivity contribution is 6.30. The second kappa shape index (κ2) is 6.18. The van der Waals surface area contributed by atoms with Gasteiger partial charge in [0.2, 0.25) is 0 Å². The fraction of sp³-hybridized carbons (Fsp3) is 0.250. The monoisotopic (exact) mass is 277 g/mol. The van der Waals surface area contributed by atoms with Gasteiger partial charge in [-0.15, -0.1) is 0 Å². The summed E-state index contributed by atoms with van der Waals surface area (Å²) < 4.78 is 13.4. The van der Waals surface area contributed by atoms with Crippen LogP contribution in [0.4, 0.5) is 4.39 Å². The molecule has 1 atom stereocenters. The van der Waals surface area contributed by atoms with Gasteiger partial charge in [0.05, 0.1) is 0 Å². The molecule has 0 spiro atoms. The SMILES string of the molecule is CCNC(C)c1cccc(-c2cc(F)cc(Cl)c2)c1. The van der Waals surface area contributed by atoms with Gasteiger partial charge in [0.1, 0.15) is 5.82 Å². The third-order valence-electron chi connectivity index (χ3n) is 3.09. The zero-order valence-electron chi connectivity index (χ0n) is 11.1. The van der Waals surface area contributed by atoms with E-state index in [1.807, 2.05) is 12.1 Å². The van der Waals surface area contributed by atoms with Gasteiger partial charge < -0.3 is 5.32 Å². The molecule has 0 saturated heterocycles. The number of hydrogen-bond acceptors (Lipinski definition) is 1. The molecule has 0 aliphatic carbocycles. The van der Waals surface area contributed by atoms with Gasteiger partial charge in [-0.05, 0) is 54.4 Å². The molecule has 2 aromatic carbocycles. The van der Waals surface area contributed by atoms with Gasteiger partial charge in [0.15, 0.2) is 0 Å². The zero-order chi connectivity index (χ0) is 13.8. The molecule has 0 bridgehead atoms. The van der Waals surface area contributed by atoms with Crippen molar-refractivity contribution < 1.29 is 4.39 Å². The van der Waals surface area contributed by atoms with Crippen molar-refractivity contribution in [2.45, 2.75) is 19.9 Å². The Balaban J connectivity index is 2.37. The summed E-state index contributed by atoms with van der Waals surface area (Å²) >= 11 is 5.90. The minimum absolute atomic E-state index is 0.272. The third-order valence-corrected chi connectivity index (χ3v) is 3.31. The molecular weight excluding hydrogens is 261 g/mol. The molecule has 0 saturated carbocycles. The van der Waals surface area contributed by atoms with Crippen molar-refractivity contribution in [3.63, 3.8) is 0 Å². The maximum atomic E-state index is 13.4. The van der Waals surface area contributed by atoms with E-state index in [-0.39, 0.29) is 11.9 Å². The van der Waals surface area contributed by atoms with Crippen LogP contribution >= 0.6 is 11.6 Å². The maximum absolute atomic E-state index is 13.4. The molecule has 1 unspecified atom stereocenters. The van der Waals surface area contributed by atoms with Gasteiger partial charge in [-0.2, -0.15) is 0 Å². The molecule has 0 aliphatic rings. The largest absolute Gasteiger partial charge is 0.310 e. The Morgan fingerprint density at radius 2 is 1.95 bits per heavy atom. The summed E-state index contributed by atoms with van der Waals surface area (Å²) in [6.07, 6.45) is 0. The number of rotatable bonds is 4. The van der Waals surface area contributed by atoms with E-state index in [1.165, 1.54) is 17.7 Å². The Morgan fingerprint density at radius 1 is 1.16 bits per heavy atom. The average molecular weight is 278 g/mol. The van der Waals surface area contributed by atoms with Crippen molar-refractivity contribution in [3.8, 4) is 11.1 Å². The van der Waals surface area contributed by atoms with Crippen molar-refractivity contribution in [2.75, 3.05) is 6.54 Å². The Morgan fingerprint density at radius 3 is 2.63 bits per heavy atom. The van der Waals surface area contributed by atoms with E-state index >= 15 is 0 Å². The topological polar surface area (TPSA) is 12.0 Å². The lowest BCUT2D eigenvalue weighted by molar-refractivity contribution is 0.598. The quantitative estimate of drug-likeness (QED) is 0.845. The Bertz CT molecular complexity index is 548. The second-order valence-electron chi connectivity index (χ2n) is 4.56. The normalized spacial score (nSPS) is 12.4. The second-order valence-corrected chi connectivity index (χ2v) is 5.00. The summed E-state index contributed by atoms with van der Waals surface area (Å²) in [5.74, 6) is -0.312. The van der Waals surface area contributed by atoms with Gasteiger partial charge in [0.25, 0.3) is 0 Å². The van der Waals surface area contributed by atoms with Gasteiger partial charge in [0, 0.05) is 11.1 Å².